The maximum Gasteiger partial charge on any atom is 0.122 e. The second kappa shape index (κ2) is 7.27. The summed E-state index contributed by atoms with van der Waals surface area (Å²) in [4.78, 5) is 4.02. The summed E-state index contributed by atoms with van der Waals surface area (Å²) in [5.74, 6) is 0.800. The Morgan fingerprint density at radius 2 is 1.88 bits per heavy atom. The molecular weight excluding hydrogens is 302 g/mol. The van der Waals surface area contributed by atoms with E-state index in [1.54, 1.807) is 23.3 Å². The van der Waals surface area contributed by atoms with Crippen LogP contribution in [0.3, 0.4) is 0 Å². The SMILES string of the molecule is Cc1ccc(OCC(O)Cn2nccc2-c2ccncc2)c(C)c1. The molecule has 0 aliphatic rings. The molecule has 0 fully saturated rings. The number of ether oxygens (including phenoxy) is 1. The number of benzene rings is 1. The van der Waals surface area contributed by atoms with Crippen molar-refractivity contribution in [2.75, 3.05) is 6.61 Å². The summed E-state index contributed by atoms with van der Waals surface area (Å²) in [5, 5.41) is 14.6. The first kappa shape index (κ1) is 16.2. The first-order valence-corrected chi connectivity index (χ1v) is 7.94. The van der Waals surface area contributed by atoms with Crippen molar-refractivity contribution < 1.29 is 9.84 Å². The van der Waals surface area contributed by atoms with Gasteiger partial charge in [-0.1, -0.05) is 17.7 Å². The molecule has 24 heavy (non-hydrogen) atoms. The van der Waals surface area contributed by atoms with Gasteiger partial charge in [0.05, 0.1) is 12.2 Å². The Kier molecular flexibility index (Phi) is 4.91. The van der Waals surface area contributed by atoms with Crippen molar-refractivity contribution in [3.05, 3.63) is 66.1 Å². The Labute approximate surface area is 141 Å². The molecule has 0 aliphatic heterocycles. The van der Waals surface area contributed by atoms with E-state index in [-0.39, 0.29) is 6.61 Å². The zero-order valence-electron chi connectivity index (χ0n) is 13.9. The van der Waals surface area contributed by atoms with E-state index in [9.17, 15) is 5.11 Å². The van der Waals surface area contributed by atoms with E-state index in [1.165, 1.54) is 5.56 Å². The fourth-order valence-corrected chi connectivity index (χ4v) is 2.65. The van der Waals surface area contributed by atoms with Gasteiger partial charge < -0.3 is 9.84 Å². The number of nitrogens with zero attached hydrogens (tertiary/aromatic N) is 3. The Morgan fingerprint density at radius 3 is 2.62 bits per heavy atom. The molecule has 5 heteroatoms. The highest BCUT2D eigenvalue weighted by molar-refractivity contribution is 5.58. The number of aliphatic hydroxyl groups excluding tert-OH is 1. The van der Waals surface area contributed by atoms with Gasteiger partial charge in [-0.25, -0.2) is 0 Å². The van der Waals surface area contributed by atoms with E-state index in [4.69, 9.17) is 4.74 Å². The molecule has 0 aliphatic carbocycles. The largest absolute Gasteiger partial charge is 0.491 e. The van der Waals surface area contributed by atoms with E-state index < -0.39 is 6.10 Å². The van der Waals surface area contributed by atoms with E-state index in [0.717, 1.165) is 22.6 Å². The molecule has 0 radical (unpaired) electrons. The number of hydrogen-bond acceptors (Lipinski definition) is 4. The molecule has 1 atom stereocenters. The van der Waals surface area contributed by atoms with Gasteiger partial charge in [0.2, 0.25) is 0 Å². The van der Waals surface area contributed by atoms with Crippen LogP contribution in [0.2, 0.25) is 0 Å². The van der Waals surface area contributed by atoms with Gasteiger partial charge in [0.25, 0.3) is 0 Å². The molecule has 0 spiro atoms. The van der Waals surface area contributed by atoms with Crippen LogP contribution in [0.15, 0.2) is 55.0 Å². The Morgan fingerprint density at radius 1 is 1.08 bits per heavy atom. The minimum atomic E-state index is -0.647. The van der Waals surface area contributed by atoms with Crippen LogP contribution in [0, 0.1) is 13.8 Å². The maximum atomic E-state index is 10.3. The average molecular weight is 323 g/mol. The van der Waals surface area contributed by atoms with Crippen LogP contribution in [-0.2, 0) is 6.54 Å². The van der Waals surface area contributed by atoms with Crippen molar-refractivity contribution in [1.29, 1.82) is 0 Å². The molecule has 1 aromatic carbocycles. The highest BCUT2D eigenvalue weighted by Gasteiger charge is 2.12. The third-order valence-corrected chi connectivity index (χ3v) is 3.84. The van der Waals surface area contributed by atoms with Crippen LogP contribution in [0.4, 0.5) is 0 Å². The summed E-state index contributed by atoms with van der Waals surface area (Å²) in [7, 11) is 0. The van der Waals surface area contributed by atoms with Gasteiger partial charge in [0.15, 0.2) is 0 Å². The van der Waals surface area contributed by atoms with Crippen molar-refractivity contribution in [2.24, 2.45) is 0 Å². The summed E-state index contributed by atoms with van der Waals surface area (Å²) >= 11 is 0. The standard InChI is InChI=1S/C19H21N3O2/c1-14-3-4-19(15(2)11-14)24-13-17(23)12-22-18(7-10-21-22)16-5-8-20-9-6-16/h3-11,17,23H,12-13H2,1-2H3. The highest BCUT2D eigenvalue weighted by Crippen LogP contribution is 2.20. The van der Waals surface area contributed by atoms with Crippen molar-refractivity contribution in [2.45, 2.75) is 26.5 Å². The van der Waals surface area contributed by atoms with Gasteiger partial charge in [0, 0.05) is 24.2 Å². The number of rotatable bonds is 6. The molecule has 2 heterocycles. The van der Waals surface area contributed by atoms with Crippen LogP contribution in [0.1, 0.15) is 11.1 Å². The fourth-order valence-electron chi connectivity index (χ4n) is 2.65. The normalized spacial score (nSPS) is 12.1. The monoisotopic (exact) mass is 323 g/mol. The summed E-state index contributed by atoms with van der Waals surface area (Å²) in [5.41, 5.74) is 4.23. The van der Waals surface area contributed by atoms with Crippen LogP contribution in [0.25, 0.3) is 11.3 Å². The second-order valence-electron chi connectivity index (χ2n) is 5.87. The summed E-state index contributed by atoms with van der Waals surface area (Å²) < 4.78 is 7.53. The molecule has 3 rings (SSSR count). The number of aliphatic hydroxyl groups is 1. The highest BCUT2D eigenvalue weighted by atomic mass is 16.5. The predicted octanol–water partition coefficient (Wildman–Crippen LogP) is 3.00. The summed E-state index contributed by atoms with van der Waals surface area (Å²) in [6, 6.07) is 11.8. The smallest absolute Gasteiger partial charge is 0.122 e. The average Bonchev–Trinajstić information content (AvgIpc) is 3.03. The van der Waals surface area contributed by atoms with Gasteiger partial charge in [-0.05, 0) is 43.7 Å². The zero-order valence-corrected chi connectivity index (χ0v) is 13.9. The number of pyridine rings is 1. The number of aromatic nitrogens is 3. The van der Waals surface area contributed by atoms with Crippen LogP contribution in [0.5, 0.6) is 5.75 Å². The topological polar surface area (TPSA) is 60.2 Å². The van der Waals surface area contributed by atoms with E-state index >= 15 is 0 Å². The third-order valence-electron chi connectivity index (χ3n) is 3.84. The molecule has 0 amide bonds. The lowest BCUT2D eigenvalue weighted by atomic mass is 10.1. The third kappa shape index (κ3) is 3.81. The summed E-state index contributed by atoms with van der Waals surface area (Å²) in [6.45, 7) is 4.64. The first-order valence-electron chi connectivity index (χ1n) is 7.94. The zero-order chi connectivity index (χ0) is 16.9. The lowest BCUT2D eigenvalue weighted by Gasteiger charge is -2.15. The minimum Gasteiger partial charge on any atom is -0.491 e. The van der Waals surface area contributed by atoms with E-state index in [0.29, 0.717) is 6.54 Å². The summed E-state index contributed by atoms with van der Waals surface area (Å²) in [6.07, 6.45) is 4.57. The maximum absolute atomic E-state index is 10.3. The van der Waals surface area contributed by atoms with Crippen molar-refractivity contribution in [3.63, 3.8) is 0 Å². The number of aryl methyl sites for hydroxylation is 2. The lowest BCUT2D eigenvalue weighted by molar-refractivity contribution is 0.0894. The molecular formula is C19H21N3O2. The lowest BCUT2D eigenvalue weighted by Crippen LogP contribution is -2.24. The molecule has 1 unspecified atom stereocenters. The van der Waals surface area contributed by atoms with E-state index in [1.807, 2.05) is 44.2 Å². The Hall–Kier alpha value is -2.66. The van der Waals surface area contributed by atoms with Crippen LogP contribution in [-0.4, -0.2) is 32.6 Å². The molecule has 124 valence electrons. The van der Waals surface area contributed by atoms with Crippen LogP contribution >= 0.6 is 0 Å². The Bertz CT molecular complexity index is 799. The Balaban J connectivity index is 1.64. The van der Waals surface area contributed by atoms with Crippen molar-refractivity contribution in [1.82, 2.24) is 14.8 Å². The molecule has 0 bridgehead atoms. The van der Waals surface area contributed by atoms with E-state index in [2.05, 4.69) is 16.1 Å². The molecule has 1 N–H and O–H groups in total. The first-order chi connectivity index (χ1) is 11.6. The number of hydrogen-bond donors (Lipinski definition) is 1. The van der Waals surface area contributed by atoms with Crippen molar-refractivity contribution >= 4 is 0 Å². The fraction of sp³-hybridized carbons (Fsp3) is 0.263. The van der Waals surface area contributed by atoms with Gasteiger partial charge in [0.1, 0.15) is 18.5 Å². The molecule has 0 saturated carbocycles. The quantitative estimate of drug-likeness (QED) is 0.757. The molecule has 2 aromatic heterocycles. The predicted molar refractivity (Wildman–Crippen MR) is 92.9 cm³/mol. The molecule has 5 nitrogen and oxygen atoms in total. The van der Waals surface area contributed by atoms with Gasteiger partial charge in [-0.2, -0.15) is 5.10 Å². The molecule has 0 saturated heterocycles. The minimum absolute atomic E-state index is 0.222. The second-order valence-corrected chi connectivity index (χ2v) is 5.87. The van der Waals surface area contributed by atoms with Gasteiger partial charge in [-0.3, -0.25) is 9.67 Å². The van der Waals surface area contributed by atoms with Gasteiger partial charge in [-0.15, -0.1) is 0 Å². The van der Waals surface area contributed by atoms with Crippen molar-refractivity contribution in [3.8, 4) is 17.0 Å². The molecule has 3 aromatic rings. The van der Waals surface area contributed by atoms with Crippen LogP contribution < -0.4 is 4.74 Å². The van der Waals surface area contributed by atoms with Gasteiger partial charge >= 0.3 is 0 Å².